The molecule has 3 rings (SSSR count). The molecule has 0 saturated carbocycles. The summed E-state index contributed by atoms with van der Waals surface area (Å²) in [4.78, 5) is 2.55. The van der Waals surface area contributed by atoms with Crippen LogP contribution in [0, 0.1) is 0 Å². The van der Waals surface area contributed by atoms with Crippen LogP contribution in [0.3, 0.4) is 0 Å². The fourth-order valence-corrected chi connectivity index (χ4v) is 3.68. The van der Waals surface area contributed by atoms with E-state index in [1.807, 2.05) is 18.2 Å². The van der Waals surface area contributed by atoms with Gasteiger partial charge in [0.25, 0.3) is 0 Å². The Morgan fingerprint density at radius 2 is 2.21 bits per heavy atom. The summed E-state index contributed by atoms with van der Waals surface area (Å²) in [5, 5.41) is 10.3. The molecule has 0 radical (unpaired) electrons. The van der Waals surface area contributed by atoms with Gasteiger partial charge in [-0.3, -0.25) is 0 Å². The lowest BCUT2D eigenvalue weighted by Gasteiger charge is -2.29. The fraction of sp³-hybridized carbons (Fsp3) is 0.333. The van der Waals surface area contributed by atoms with Gasteiger partial charge in [0.1, 0.15) is 11.9 Å². The van der Waals surface area contributed by atoms with E-state index >= 15 is 0 Å². The molecule has 0 spiro atoms. The van der Waals surface area contributed by atoms with Gasteiger partial charge in [0, 0.05) is 26.2 Å². The molecule has 1 unspecified atom stereocenters. The number of hydrogen-bond acceptors (Lipinski definition) is 3. The molecule has 19 heavy (non-hydrogen) atoms. The summed E-state index contributed by atoms with van der Waals surface area (Å²) in [6, 6.07) is 10.0. The van der Waals surface area contributed by atoms with Crippen molar-refractivity contribution in [2.75, 3.05) is 0 Å². The SMILES string of the molecule is CCc1ccc(C2C[C@H](O)c3ccc(Br)cc3O2)s1. The summed E-state index contributed by atoms with van der Waals surface area (Å²) < 4.78 is 7.02. The van der Waals surface area contributed by atoms with Gasteiger partial charge < -0.3 is 9.84 Å². The van der Waals surface area contributed by atoms with Gasteiger partial charge in [0.05, 0.1) is 6.10 Å². The van der Waals surface area contributed by atoms with Crippen molar-refractivity contribution >= 4 is 27.3 Å². The number of aliphatic hydroxyl groups excluding tert-OH is 1. The molecule has 4 heteroatoms. The minimum Gasteiger partial charge on any atom is -0.484 e. The first-order chi connectivity index (χ1) is 9.17. The van der Waals surface area contributed by atoms with Gasteiger partial charge in [0.15, 0.2) is 0 Å². The molecular formula is C15H15BrO2S. The molecule has 2 atom stereocenters. The van der Waals surface area contributed by atoms with E-state index in [-0.39, 0.29) is 6.10 Å². The van der Waals surface area contributed by atoms with E-state index in [2.05, 4.69) is 35.0 Å². The Balaban J connectivity index is 1.91. The highest BCUT2D eigenvalue weighted by atomic mass is 79.9. The minimum absolute atomic E-state index is 0.0397. The van der Waals surface area contributed by atoms with Crippen molar-refractivity contribution in [3.05, 3.63) is 50.1 Å². The highest BCUT2D eigenvalue weighted by molar-refractivity contribution is 9.10. The molecule has 0 aliphatic carbocycles. The van der Waals surface area contributed by atoms with Crippen molar-refractivity contribution in [2.45, 2.75) is 32.0 Å². The Bertz CT molecular complexity index is 594. The summed E-state index contributed by atoms with van der Waals surface area (Å²) in [6.07, 6.45) is 1.18. The first kappa shape index (κ1) is 13.2. The van der Waals surface area contributed by atoms with E-state index < -0.39 is 6.10 Å². The lowest BCUT2D eigenvalue weighted by molar-refractivity contribution is 0.0674. The molecule has 0 saturated heterocycles. The lowest BCUT2D eigenvalue weighted by atomic mass is 9.98. The summed E-state index contributed by atoms with van der Waals surface area (Å²) in [7, 11) is 0. The number of hydrogen-bond donors (Lipinski definition) is 1. The second kappa shape index (κ2) is 5.27. The highest BCUT2D eigenvalue weighted by Gasteiger charge is 2.28. The number of rotatable bonds is 2. The first-order valence-corrected chi connectivity index (χ1v) is 8.01. The topological polar surface area (TPSA) is 29.5 Å². The van der Waals surface area contributed by atoms with Crippen molar-refractivity contribution in [2.24, 2.45) is 0 Å². The number of benzene rings is 1. The van der Waals surface area contributed by atoms with Gasteiger partial charge in [-0.1, -0.05) is 28.9 Å². The average molecular weight is 339 g/mol. The van der Waals surface area contributed by atoms with Crippen molar-refractivity contribution in [1.82, 2.24) is 0 Å². The number of halogens is 1. The zero-order valence-corrected chi connectivity index (χ0v) is 13.0. The maximum atomic E-state index is 10.3. The van der Waals surface area contributed by atoms with Crippen LogP contribution < -0.4 is 4.74 Å². The monoisotopic (exact) mass is 338 g/mol. The van der Waals surface area contributed by atoms with Crippen LogP contribution in [0.25, 0.3) is 0 Å². The fourth-order valence-electron chi connectivity index (χ4n) is 2.35. The highest BCUT2D eigenvalue weighted by Crippen LogP contribution is 2.43. The van der Waals surface area contributed by atoms with E-state index in [0.29, 0.717) is 6.42 Å². The molecule has 1 aromatic heterocycles. The third-order valence-electron chi connectivity index (χ3n) is 3.39. The third-order valence-corrected chi connectivity index (χ3v) is 5.20. The van der Waals surface area contributed by atoms with Crippen LogP contribution in [-0.4, -0.2) is 5.11 Å². The Labute approximate surface area is 125 Å². The molecule has 0 amide bonds. The van der Waals surface area contributed by atoms with Gasteiger partial charge in [0.2, 0.25) is 0 Å². The van der Waals surface area contributed by atoms with Crippen LogP contribution in [-0.2, 0) is 6.42 Å². The molecule has 0 bridgehead atoms. The number of aliphatic hydroxyl groups is 1. The second-order valence-corrected chi connectivity index (χ2v) is 6.81. The molecule has 100 valence electrons. The summed E-state index contributed by atoms with van der Waals surface area (Å²) >= 11 is 5.22. The quantitative estimate of drug-likeness (QED) is 0.864. The van der Waals surface area contributed by atoms with Crippen LogP contribution in [0.2, 0.25) is 0 Å². The second-order valence-electron chi connectivity index (χ2n) is 4.70. The Morgan fingerprint density at radius 3 is 2.95 bits per heavy atom. The Morgan fingerprint density at radius 1 is 1.37 bits per heavy atom. The van der Waals surface area contributed by atoms with Crippen LogP contribution in [0.4, 0.5) is 0 Å². The molecule has 0 fully saturated rings. The summed E-state index contributed by atoms with van der Waals surface area (Å²) in [6.45, 7) is 2.15. The number of fused-ring (bicyclic) bond motifs is 1. The van der Waals surface area contributed by atoms with Crippen LogP contribution >= 0.6 is 27.3 Å². The lowest BCUT2D eigenvalue weighted by Crippen LogP contribution is -2.18. The number of aryl methyl sites for hydroxylation is 1. The van der Waals surface area contributed by atoms with Gasteiger partial charge in [-0.2, -0.15) is 0 Å². The molecule has 1 aliphatic rings. The maximum absolute atomic E-state index is 10.3. The average Bonchev–Trinajstić information content (AvgIpc) is 2.86. The van der Waals surface area contributed by atoms with E-state index in [0.717, 1.165) is 22.2 Å². The molecular weight excluding hydrogens is 324 g/mol. The minimum atomic E-state index is -0.450. The molecule has 2 heterocycles. The Kier molecular flexibility index (Phi) is 3.65. The van der Waals surface area contributed by atoms with Gasteiger partial charge in [-0.25, -0.2) is 0 Å². The Hall–Kier alpha value is -0.840. The molecule has 2 aromatic rings. The predicted molar refractivity (Wildman–Crippen MR) is 80.8 cm³/mol. The predicted octanol–water partition coefficient (Wildman–Crippen LogP) is 4.63. The van der Waals surface area contributed by atoms with E-state index in [9.17, 15) is 5.11 Å². The zero-order valence-electron chi connectivity index (χ0n) is 10.6. The summed E-state index contributed by atoms with van der Waals surface area (Å²) in [5.41, 5.74) is 0.881. The van der Waals surface area contributed by atoms with Crippen LogP contribution in [0.5, 0.6) is 5.75 Å². The van der Waals surface area contributed by atoms with Crippen molar-refractivity contribution in [3.8, 4) is 5.75 Å². The van der Waals surface area contributed by atoms with Crippen molar-refractivity contribution in [3.63, 3.8) is 0 Å². The van der Waals surface area contributed by atoms with E-state index in [1.165, 1.54) is 9.75 Å². The first-order valence-electron chi connectivity index (χ1n) is 6.40. The van der Waals surface area contributed by atoms with Crippen molar-refractivity contribution < 1.29 is 9.84 Å². The molecule has 1 N–H and O–H groups in total. The van der Waals surface area contributed by atoms with Crippen LogP contribution in [0.15, 0.2) is 34.8 Å². The standard InChI is InChI=1S/C15H15BrO2S/c1-2-10-4-6-15(19-10)14-8-12(17)11-5-3-9(16)7-13(11)18-14/h3-7,12,14,17H,2,8H2,1H3/t12-,14?/m0/s1. The largest absolute Gasteiger partial charge is 0.484 e. The molecule has 2 nitrogen and oxygen atoms in total. The van der Waals surface area contributed by atoms with Gasteiger partial charge in [-0.05, 0) is 30.7 Å². The molecule has 1 aliphatic heterocycles. The third kappa shape index (κ3) is 2.57. The smallest absolute Gasteiger partial charge is 0.136 e. The van der Waals surface area contributed by atoms with Gasteiger partial charge in [-0.15, -0.1) is 11.3 Å². The normalized spacial score (nSPS) is 21.8. The van der Waals surface area contributed by atoms with E-state index in [4.69, 9.17) is 4.74 Å². The molecule has 1 aromatic carbocycles. The zero-order chi connectivity index (χ0) is 13.4. The van der Waals surface area contributed by atoms with Crippen molar-refractivity contribution in [1.29, 1.82) is 0 Å². The van der Waals surface area contributed by atoms with Gasteiger partial charge >= 0.3 is 0 Å². The number of ether oxygens (including phenoxy) is 1. The van der Waals surface area contributed by atoms with E-state index in [1.54, 1.807) is 11.3 Å². The van der Waals surface area contributed by atoms with Crippen LogP contribution in [0.1, 0.15) is 40.9 Å². The number of thiophene rings is 1. The summed E-state index contributed by atoms with van der Waals surface area (Å²) in [5.74, 6) is 0.782. The maximum Gasteiger partial charge on any atom is 0.136 e.